The van der Waals surface area contributed by atoms with Crippen LogP contribution in [0.5, 0.6) is 11.5 Å². The Morgan fingerprint density at radius 2 is 1.79 bits per heavy atom. The normalized spacial score (nSPS) is 18.8. The van der Waals surface area contributed by atoms with Crippen molar-refractivity contribution in [1.82, 2.24) is 0 Å². The first-order valence-electron chi connectivity index (χ1n) is 9.07. The second-order valence-corrected chi connectivity index (χ2v) is 6.78. The van der Waals surface area contributed by atoms with E-state index >= 15 is 0 Å². The molecule has 2 aromatic carbocycles. The molecule has 28 heavy (non-hydrogen) atoms. The van der Waals surface area contributed by atoms with E-state index in [1.165, 1.54) is 6.07 Å². The minimum Gasteiger partial charge on any atom is -0.485 e. The van der Waals surface area contributed by atoms with Crippen molar-refractivity contribution < 1.29 is 27.4 Å². The van der Waals surface area contributed by atoms with E-state index in [1.54, 1.807) is 24.3 Å². The van der Waals surface area contributed by atoms with Crippen molar-refractivity contribution in [3.63, 3.8) is 0 Å². The highest BCUT2D eigenvalue weighted by Gasteiger charge is 2.33. The number of para-hydroxylation sites is 2. The monoisotopic (exact) mass is 392 g/mol. The Hall–Kier alpha value is -2.90. The van der Waals surface area contributed by atoms with Crippen molar-refractivity contribution in [2.75, 3.05) is 29.9 Å². The van der Waals surface area contributed by atoms with Gasteiger partial charge < -0.3 is 19.7 Å². The van der Waals surface area contributed by atoms with Crippen LogP contribution in [-0.2, 0) is 11.0 Å². The van der Waals surface area contributed by atoms with Gasteiger partial charge >= 0.3 is 6.18 Å². The fraction of sp³-hybridized carbons (Fsp3) is 0.350. The standard InChI is InChI=1S/C20H19F3N2O3/c21-20(22,23)13-7-8-15(25-9-3-4-10-25)14(11-13)24-19(26)18-12-27-16-5-1-2-6-17(16)28-18/h1-2,5-8,11,18H,3-4,9-10,12H2,(H,24,26). The molecule has 1 saturated heterocycles. The third-order valence-electron chi connectivity index (χ3n) is 4.83. The summed E-state index contributed by atoms with van der Waals surface area (Å²) >= 11 is 0. The van der Waals surface area contributed by atoms with Gasteiger partial charge in [-0.15, -0.1) is 0 Å². The molecule has 0 aromatic heterocycles. The molecule has 1 amide bonds. The average Bonchev–Trinajstić information content (AvgIpc) is 3.21. The Balaban J connectivity index is 1.58. The number of fused-ring (bicyclic) bond motifs is 1. The van der Waals surface area contributed by atoms with Gasteiger partial charge in [0, 0.05) is 13.1 Å². The van der Waals surface area contributed by atoms with Gasteiger partial charge in [0.15, 0.2) is 11.5 Å². The minimum atomic E-state index is -4.49. The lowest BCUT2D eigenvalue weighted by atomic mass is 10.1. The molecule has 5 nitrogen and oxygen atoms in total. The SMILES string of the molecule is O=C(Nc1cc(C(F)(F)F)ccc1N1CCCC1)C1COc2ccccc2O1. The van der Waals surface area contributed by atoms with Crippen LogP contribution in [0.4, 0.5) is 24.5 Å². The van der Waals surface area contributed by atoms with Crippen molar-refractivity contribution in [1.29, 1.82) is 0 Å². The predicted octanol–water partition coefficient (Wildman–Crippen LogP) is 4.08. The Bertz CT molecular complexity index is 879. The maximum atomic E-state index is 13.2. The van der Waals surface area contributed by atoms with Gasteiger partial charge in [-0.3, -0.25) is 4.79 Å². The number of ether oxygens (including phenoxy) is 2. The quantitative estimate of drug-likeness (QED) is 0.855. The Morgan fingerprint density at radius 3 is 2.50 bits per heavy atom. The number of carbonyl (C=O) groups is 1. The molecule has 0 radical (unpaired) electrons. The maximum absolute atomic E-state index is 13.2. The van der Waals surface area contributed by atoms with Gasteiger partial charge in [-0.2, -0.15) is 13.2 Å². The summed E-state index contributed by atoms with van der Waals surface area (Å²) < 4.78 is 50.7. The number of amides is 1. The molecule has 2 aromatic rings. The zero-order chi connectivity index (χ0) is 19.7. The van der Waals surface area contributed by atoms with E-state index < -0.39 is 23.8 Å². The van der Waals surface area contributed by atoms with Crippen molar-refractivity contribution in [2.45, 2.75) is 25.1 Å². The third-order valence-corrected chi connectivity index (χ3v) is 4.83. The van der Waals surface area contributed by atoms with Crippen LogP contribution in [0.2, 0.25) is 0 Å². The number of hydrogen-bond acceptors (Lipinski definition) is 4. The third kappa shape index (κ3) is 3.72. The molecular weight excluding hydrogens is 373 g/mol. The molecule has 2 aliphatic heterocycles. The highest BCUT2D eigenvalue weighted by Crippen LogP contribution is 2.37. The first-order chi connectivity index (χ1) is 13.4. The first-order valence-corrected chi connectivity index (χ1v) is 9.07. The molecule has 2 aliphatic rings. The van der Waals surface area contributed by atoms with Crippen molar-refractivity contribution >= 4 is 17.3 Å². The number of carbonyl (C=O) groups excluding carboxylic acids is 1. The van der Waals surface area contributed by atoms with Crippen molar-refractivity contribution in [3.8, 4) is 11.5 Å². The molecule has 0 saturated carbocycles. The zero-order valence-electron chi connectivity index (χ0n) is 15.0. The fourth-order valence-electron chi connectivity index (χ4n) is 3.41. The number of benzene rings is 2. The number of halogens is 3. The lowest BCUT2D eigenvalue weighted by molar-refractivity contribution is -0.137. The minimum absolute atomic E-state index is 0.0130. The molecule has 8 heteroatoms. The van der Waals surface area contributed by atoms with Gasteiger partial charge in [0.2, 0.25) is 6.10 Å². The molecule has 1 N–H and O–H groups in total. The summed E-state index contributed by atoms with van der Waals surface area (Å²) in [5.74, 6) is 0.412. The number of nitrogens with zero attached hydrogens (tertiary/aromatic N) is 1. The predicted molar refractivity (Wildman–Crippen MR) is 97.9 cm³/mol. The van der Waals surface area contributed by atoms with Crippen LogP contribution in [-0.4, -0.2) is 31.7 Å². The molecule has 0 aliphatic carbocycles. The Kier molecular flexibility index (Phi) is 4.78. The summed E-state index contributed by atoms with van der Waals surface area (Å²) in [4.78, 5) is 14.7. The second-order valence-electron chi connectivity index (χ2n) is 6.78. The molecule has 1 unspecified atom stereocenters. The van der Waals surface area contributed by atoms with Gasteiger partial charge in [-0.25, -0.2) is 0 Å². The average molecular weight is 392 g/mol. The molecule has 0 spiro atoms. The first kappa shape index (κ1) is 18.5. The van der Waals surface area contributed by atoms with Crippen LogP contribution >= 0.6 is 0 Å². The van der Waals surface area contributed by atoms with Crippen LogP contribution in [0, 0.1) is 0 Å². The topological polar surface area (TPSA) is 50.8 Å². The van der Waals surface area contributed by atoms with Gasteiger partial charge in [-0.1, -0.05) is 12.1 Å². The molecule has 4 rings (SSSR count). The van der Waals surface area contributed by atoms with Gasteiger partial charge in [0.05, 0.1) is 16.9 Å². The van der Waals surface area contributed by atoms with E-state index in [1.807, 2.05) is 4.90 Å². The molecule has 1 atom stereocenters. The fourth-order valence-corrected chi connectivity index (χ4v) is 3.41. The summed E-state index contributed by atoms with van der Waals surface area (Å²) in [6, 6.07) is 10.4. The van der Waals surface area contributed by atoms with Crippen LogP contribution < -0.4 is 19.7 Å². The van der Waals surface area contributed by atoms with E-state index in [2.05, 4.69) is 5.32 Å². The summed E-state index contributed by atoms with van der Waals surface area (Å²) in [5, 5.41) is 2.61. The van der Waals surface area contributed by atoms with Crippen LogP contribution in [0.1, 0.15) is 18.4 Å². The Labute approximate surface area is 160 Å². The van der Waals surface area contributed by atoms with Gasteiger partial charge in [-0.05, 0) is 43.2 Å². The summed E-state index contributed by atoms with van der Waals surface area (Å²) in [6.45, 7) is 1.47. The van der Waals surface area contributed by atoms with Crippen LogP contribution in [0.25, 0.3) is 0 Å². The van der Waals surface area contributed by atoms with E-state index in [4.69, 9.17) is 9.47 Å². The van der Waals surface area contributed by atoms with E-state index in [0.29, 0.717) is 17.2 Å². The summed E-state index contributed by atoms with van der Waals surface area (Å²) in [6.07, 6.45) is -3.52. The van der Waals surface area contributed by atoms with E-state index in [0.717, 1.165) is 38.1 Å². The zero-order valence-corrected chi connectivity index (χ0v) is 15.0. The van der Waals surface area contributed by atoms with E-state index in [9.17, 15) is 18.0 Å². The van der Waals surface area contributed by atoms with Crippen LogP contribution in [0.3, 0.4) is 0 Å². The molecule has 148 valence electrons. The van der Waals surface area contributed by atoms with Gasteiger partial charge in [0.25, 0.3) is 5.91 Å². The van der Waals surface area contributed by atoms with Crippen LogP contribution in [0.15, 0.2) is 42.5 Å². The highest BCUT2D eigenvalue weighted by molar-refractivity contribution is 5.98. The van der Waals surface area contributed by atoms with Crippen molar-refractivity contribution in [2.24, 2.45) is 0 Å². The second kappa shape index (κ2) is 7.26. The number of alkyl halides is 3. The van der Waals surface area contributed by atoms with Gasteiger partial charge in [0.1, 0.15) is 6.61 Å². The maximum Gasteiger partial charge on any atom is 0.416 e. The lowest BCUT2D eigenvalue weighted by Crippen LogP contribution is -2.40. The number of nitrogens with one attached hydrogen (secondary N) is 1. The molecule has 2 heterocycles. The lowest BCUT2D eigenvalue weighted by Gasteiger charge is -2.27. The summed E-state index contributed by atoms with van der Waals surface area (Å²) in [7, 11) is 0. The Morgan fingerprint density at radius 1 is 1.07 bits per heavy atom. The number of hydrogen-bond donors (Lipinski definition) is 1. The van der Waals surface area contributed by atoms with E-state index in [-0.39, 0.29) is 12.3 Å². The highest BCUT2D eigenvalue weighted by atomic mass is 19.4. The number of anilines is 2. The number of rotatable bonds is 3. The van der Waals surface area contributed by atoms with Crippen molar-refractivity contribution in [3.05, 3.63) is 48.0 Å². The molecule has 1 fully saturated rings. The largest absolute Gasteiger partial charge is 0.485 e. The molecular formula is C20H19F3N2O3. The summed E-state index contributed by atoms with van der Waals surface area (Å²) in [5.41, 5.74) is -0.0999. The molecule has 0 bridgehead atoms. The smallest absolute Gasteiger partial charge is 0.416 e.